The zero-order valence-corrected chi connectivity index (χ0v) is 10.2. The molecule has 2 rings (SSSR count). The van der Waals surface area contributed by atoms with Crippen molar-refractivity contribution < 1.29 is 9.47 Å². The molecule has 94 valence electrons. The van der Waals surface area contributed by atoms with Gasteiger partial charge in [0.25, 0.3) is 0 Å². The second kappa shape index (κ2) is 5.70. The fourth-order valence-electron chi connectivity index (χ4n) is 1.52. The van der Waals surface area contributed by atoms with Gasteiger partial charge in [0, 0.05) is 0 Å². The summed E-state index contributed by atoms with van der Waals surface area (Å²) in [5.41, 5.74) is 6.28. The van der Waals surface area contributed by atoms with Gasteiger partial charge in [-0.2, -0.15) is 9.97 Å². The number of rotatable bonds is 7. The molecule has 5 heteroatoms. The van der Waals surface area contributed by atoms with Crippen molar-refractivity contribution in [2.75, 3.05) is 18.9 Å². The van der Waals surface area contributed by atoms with Crippen LogP contribution in [-0.2, 0) is 0 Å². The first-order valence-electron chi connectivity index (χ1n) is 6.17. The molecule has 1 fully saturated rings. The molecular weight excluding hydrogens is 218 g/mol. The highest BCUT2D eigenvalue weighted by Gasteiger charge is 2.21. The van der Waals surface area contributed by atoms with E-state index in [1.165, 1.54) is 19.2 Å². The Balaban J connectivity index is 1.90. The van der Waals surface area contributed by atoms with E-state index in [4.69, 9.17) is 15.2 Å². The Morgan fingerprint density at radius 1 is 1.24 bits per heavy atom. The number of nitrogens with two attached hydrogens (primary N) is 1. The van der Waals surface area contributed by atoms with Crippen LogP contribution in [0.2, 0.25) is 0 Å². The molecule has 5 nitrogen and oxygen atoms in total. The second-order valence-corrected chi connectivity index (χ2v) is 4.33. The standard InChI is InChI=1S/C12H19N3O2/c1-2-6-16-11-10(13)12(15-8-14-11)17-7-5-9-3-4-9/h8-9H,2-7,13H2,1H3. The number of nitrogens with zero attached hydrogens (tertiary/aromatic N) is 2. The van der Waals surface area contributed by atoms with E-state index in [2.05, 4.69) is 9.97 Å². The molecule has 1 aliphatic rings. The number of nitrogen functional groups attached to an aromatic ring is 1. The lowest BCUT2D eigenvalue weighted by molar-refractivity contribution is 0.281. The smallest absolute Gasteiger partial charge is 0.244 e. The van der Waals surface area contributed by atoms with Gasteiger partial charge < -0.3 is 15.2 Å². The molecule has 0 radical (unpaired) electrons. The van der Waals surface area contributed by atoms with Gasteiger partial charge in [0.15, 0.2) is 5.69 Å². The number of hydrogen-bond donors (Lipinski definition) is 1. The Labute approximate surface area is 101 Å². The molecule has 1 aromatic rings. The minimum atomic E-state index is 0.400. The molecule has 17 heavy (non-hydrogen) atoms. The van der Waals surface area contributed by atoms with Crippen LogP contribution in [0.1, 0.15) is 32.6 Å². The minimum absolute atomic E-state index is 0.400. The predicted molar refractivity (Wildman–Crippen MR) is 65.1 cm³/mol. The van der Waals surface area contributed by atoms with Gasteiger partial charge in [0.05, 0.1) is 13.2 Å². The van der Waals surface area contributed by atoms with Crippen molar-refractivity contribution in [3.05, 3.63) is 6.33 Å². The molecule has 0 saturated heterocycles. The summed E-state index contributed by atoms with van der Waals surface area (Å²) in [6.45, 7) is 3.30. The first-order chi connectivity index (χ1) is 8.31. The highest BCUT2D eigenvalue weighted by atomic mass is 16.5. The van der Waals surface area contributed by atoms with Crippen LogP contribution in [0, 0.1) is 5.92 Å². The quantitative estimate of drug-likeness (QED) is 0.785. The average molecular weight is 237 g/mol. The van der Waals surface area contributed by atoms with Gasteiger partial charge >= 0.3 is 0 Å². The minimum Gasteiger partial charge on any atom is -0.476 e. The molecule has 0 bridgehead atoms. The van der Waals surface area contributed by atoms with Crippen molar-refractivity contribution in [3.63, 3.8) is 0 Å². The van der Waals surface area contributed by atoms with Crippen molar-refractivity contribution in [2.24, 2.45) is 5.92 Å². The molecule has 0 amide bonds. The summed E-state index contributed by atoms with van der Waals surface area (Å²) in [5.74, 6) is 1.70. The molecule has 0 aliphatic heterocycles. The monoisotopic (exact) mass is 237 g/mol. The molecule has 0 unspecified atom stereocenters. The van der Waals surface area contributed by atoms with E-state index in [1.807, 2.05) is 6.92 Å². The van der Waals surface area contributed by atoms with Crippen molar-refractivity contribution in [2.45, 2.75) is 32.6 Å². The van der Waals surface area contributed by atoms with Gasteiger partial charge in [-0.25, -0.2) is 0 Å². The van der Waals surface area contributed by atoms with Crippen LogP contribution < -0.4 is 15.2 Å². The average Bonchev–Trinajstić information content (AvgIpc) is 3.14. The lowest BCUT2D eigenvalue weighted by atomic mass is 10.3. The fourth-order valence-corrected chi connectivity index (χ4v) is 1.52. The fraction of sp³-hybridized carbons (Fsp3) is 0.667. The van der Waals surface area contributed by atoms with E-state index >= 15 is 0 Å². The molecule has 0 aromatic carbocycles. The summed E-state index contributed by atoms with van der Waals surface area (Å²) in [7, 11) is 0. The molecule has 1 saturated carbocycles. The molecule has 1 aliphatic carbocycles. The zero-order valence-electron chi connectivity index (χ0n) is 10.2. The van der Waals surface area contributed by atoms with E-state index in [0.717, 1.165) is 18.8 Å². The molecule has 0 atom stereocenters. The van der Waals surface area contributed by atoms with E-state index in [9.17, 15) is 0 Å². The number of aromatic nitrogens is 2. The highest BCUT2D eigenvalue weighted by molar-refractivity contribution is 5.55. The Morgan fingerprint density at radius 3 is 2.47 bits per heavy atom. The van der Waals surface area contributed by atoms with Gasteiger partial charge in [0.2, 0.25) is 11.8 Å². The van der Waals surface area contributed by atoms with Gasteiger partial charge in [-0.1, -0.05) is 19.8 Å². The summed E-state index contributed by atoms with van der Waals surface area (Å²) in [4.78, 5) is 8.02. The molecular formula is C12H19N3O2. The van der Waals surface area contributed by atoms with E-state index in [-0.39, 0.29) is 0 Å². The van der Waals surface area contributed by atoms with Crippen LogP contribution in [0.4, 0.5) is 5.69 Å². The topological polar surface area (TPSA) is 70.3 Å². The van der Waals surface area contributed by atoms with E-state index in [0.29, 0.717) is 30.7 Å². The van der Waals surface area contributed by atoms with Gasteiger partial charge in [0.1, 0.15) is 6.33 Å². The lowest BCUT2D eigenvalue weighted by Gasteiger charge is -2.10. The van der Waals surface area contributed by atoms with Crippen LogP contribution >= 0.6 is 0 Å². The third-order valence-corrected chi connectivity index (χ3v) is 2.72. The zero-order chi connectivity index (χ0) is 12.1. The Hall–Kier alpha value is -1.52. The van der Waals surface area contributed by atoms with E-state index < -0.39 is 0 Å². The maximum Gasteiger partial charge on any atom is 0.244 e. The maximum atomic E-state index is 5.88. The van der Waals surface area contributed by atoms with Gasteiger partial charge in [-0.3, -0.25) is 0 Å². The van der Waals surface area contributed by atoms with Crippen molar-refractivity contribution in [1.82, 2.24) is 9.97 Å². The Kier molecular flexibility index (Phi) is 4.01. The first-order valence-corrected chi connectivity index (χ1v) is 6.17. The predicted octanol–water partition coefficient (Wildman–Crippen LogP) is 2.03. The summed E-state index contributed by atoms with van der Waals surface area (Å²) in [5, 5.41) is 0. The van der Waals surface area contributed by atoms with Crippen LogP contribution in [0.25, 0.3) is 0 Å². The SMILES string of the molecule is CCCOc1ncnc(OCCC2CC2)c1N. The summed E-state index contributed by atoms with van der Waals surface area (Å²) in [6, 6.07) is 0. The molecule has 1 heterocycles. The second-order valence-electron chi connectivity index (χ2n) is 4.33. The van der Waals surface area contributed by atoms with Crippen LogP contribution in [-0.4, -0.2) is 23.2 Å². The maximum absolute atomic E-state index is 5.88. The van der Waals surface area contributed by atoms with E-state index in [1.54, 1.807) is 0 Å². The summed E-state index contributed by atoms with van der Waals surface area (Å²) in [6.07, 6.45) is 6.07. The first kappa shape index (κ1) is 12.0. The van der Waals surface area contributed by atoms with Crippen LogP contribution in [0.5, 0.6) is 11.8 Å². The highest BCUT2D eigenvalue weighted by Crippen LogP contribution is 2.33. The molecule has 2 N–H and O–H groups in total. The van der Waals surface area contributed by atoms with Crippen molar-refractivity contribution in [3.8, 4) is 11.8 Å². The van der Waals surface area contributed by atoms with Crippen LogP contribution in [0.3, 0.4) is 0 Å². The van der Waals surface area contributed by atoms with Crippen molar-refractivity contribution >= 4 is 5.69 Å². The molecule has 0 spiro atoms. The summed E-state index contributed by atoms with van der Waals surface area (Å²) < 4.78 is 11.0. The number of anilines is 1. The largest absolute Gasteiger partial charge is 0.476 e. The van der Waals surface area contributed by atoms with Crippen LogP contribution in [0.15, 0.2) is 6.33 Å². The lowest BCUT2D eigenvalue weighted by Crippen LogP contribution is -2.07. The van der Waals surface area contributed by atoms with Gasteiger partial charge in [-0.15, -0.1) is 0 Å². The molecule has 1 aromatic heterocycles. The normalized spacial score (nSPS) is 14.6. The Bertz CT molecular complexity index is 367. The number of hydrogen-bond acceptors (Lipinski definition) is 5. The Morgan fingerprint density at radius 2 is 1.88 bits per heavy atom. The summed E-state index contributed by atoms with van der Waals surface area (Å²) >= 11 is 0. The third-order valence-electron chi connectivity index (χ3n) is 2.72. The van der Waals surface area contributed by atoms with Crippen molar-refractivity contribution in [1.29, 1.82) is 0 Å². The number of ether oxygens (including phenoxy) is 2. The van der Waals surface area contributed by atoms with Gasteiger partial charge in [-0.05, 0) is 18.8 Å². The third kappa shape index (κ3) is 3.47.